The molecule has 2 heterocycles. The monoisotopic (exact) mass is 359 g/mol. The lowest BCUT2D eigenvalue weighted by Gasteiger charge is -2.08. The molecule has 2 N–H and O–H groups in total. The Morgan fingerprint density at radius 2 is 2.17 bits per heavy atom. The maximum Gasteiger partial charge on any atom is 0.358 e. The van der Waals surface area contributed by atoms with Crippen LogP contribution in [0.2, 0.25) is 10.0 Å². The van der Waals surface area contributed by atoms with Gasteiger partial charge in [-0.25, -0.2) is 14.5 Å². The summed E-state index contributed by atoms with van der Waals surface area (Å²) in [5.41, 5.74) is -0.232. The highest BCUT2D eigenvalue weighted by Crippen LogP contribution is 2.24. The van der Waals surface area contributed by atoms with Gasteiger partial charge in [-0.2, -0.15) is 0 Å². The van der Waals surface area contributed by atoms with Crippen molar-refractivity contribution in [2.45, 2.75) is 6.54 Å². The zero-order valence-corrected chi connectivity index (χ0v) is 13.1. The van der Waals surface area contributed by atoms with Gasteiger partial charge in [0.15, 0.2) is 5.69 Å². The van der Waals surface area contributed by atoms with Gasteiger partial charge in [0.05, 0.1) is 17.8 Å². The Kier molecular flexibility index (Phi) is 5.72. The van der Waals surface area contributed by atoms with Gasteiger partial charge in [-0.15, -0.1) is 5.10 Å². The van der Waals surface area contributed by atoms with E-state index in [-0.39, 0.29) is 42.2 Å². The first kappa shape index (κ1) is 17.0. The number of rotatable bonds is 7. The number of aromatic carboxylic acids is 1. The highest BCUT2D eigenvalue weighted by atomic mass is 35.5. The summed E-state index contributed by atoms with van der Waals surface area (Å²) in [4.78, 5) is 26.2. The summed E-state index contributed by atoms with van der Waals surface area (Å²) in [5, 5.41) is 18.9. The average molecular weight is 360 g/mol. The van der Waals surface area contributed by atoms with Gasteiger partial charge in [0.1, 0.15) is 18.2 Å². The quantitative estimate of drug-likeness (QED) is 0.703. The van der Waals surface area contributed by atoms with E-state index in [2.05, 4.69) is 20.6 Å². The number of amides is 1. The molecule has 9 nitrogen and oxygen atoms in total. The predicted octanol–water partition coefficient (Wildman–Crippen LogP) is 0.873. The van der Waals surface area contributed by atoms with E-state index in [1.807, 2.05) is 0 Å². The summed E-state index contributed by atoms with van der Waals surface area (Å²) in [5.74, 6) is -1.37. The van der Waals surface area contributed by atoms with Crippen LogP contribution in [0, 0.1) is 0 Å². The van der Waals surface area contributed by atoms with E-state index in [0.29, 0.717) is 5.02 Å². The van der Waals surface area contributed by atoms with Crippen LogP contribution < -0.4 is 10.1 Å². The number of nitrogens with one attached hydrogen (secondary N) is 1. The highest BCUT2D eigenvalue weighted by Gasteiger charge is 2.10. The molecule has 0 aromatic carbocycles. The number of carboxylic acid groups (broad SMARTS) is 1. The van der Waals surface area contributed by atoms with Crippen molar-refractivity contribution in [1.82, 2.24) is 25.3 Å². The Morgan fingerprint density at radius 3 is 2.83 bits per heavy atom. The molecule has 0 aliphatic rings. The fraction of sp³-hybridized carbons (Fsp3) is 0.250. The van der Waals surface area contributed by atoms with Gasteiger partial charge in [0.2, 0.25) is 11.8 Å². The number of hydrogen-bond donors (Lipinski definition) is 2. The third-order valence-electron chi connectivity index (χ3n) is 2.50. The van der Waals surface area contributed by atoms with Crippen LogP contribution >= 0.6 is 23.2 Å². The maximum atomic E-state index is 11.7. The molecule has 0 aliphatic carbocycles. The first-order valence-corrected chi connectivity index (χ1v) is 7.05. The zero-order chi connectivity index (χ0) is 16.8. The smallest absolute Gasteiger partial charge is 0.358 e. The van der Waals surface area contributed by atoms with Crippen molar-refractivity contribution in [2.24, 2.45) is 0 Å². The summed E-state index contributed by atoms with van der Waals surface area (Å²) in [6.45, 7) is 0.206. The number of ether oxygens (including phenoxy) is 1. The molecule has 0 saturated heterocycles. The van der Waals surface area contributed by atoms with E-state index in [9.17, 15) is 9.59 Å². The number of aromatic nitrogens is 4. The standard InChI is InChI=1S/C12H11Cl2N5O4/c13-7-3-8(14)11(16-4-7)23-2-1-15-10(20)6-19-5-9(12(21)22)17-18-19/h3-5H,1-2,6H2,(H,15,20)(H,21,22). The third-order valence-corrected chi connectivity index (χ3v) is 2.98. The molecule has 0 spiro atoms. The number of carbonyl (C=O) groups excluding carboxylic acids is 1. The normalized spacial score (nSPS) is 10.3. The van der Waals surface area contributed by atoms with Crippen LogP contribution in [-0.2, 0) is 11.3 Å². The van der Waals surface area contributed by atoms with Crippen molar-refractivity contribution in [2.75, 3.05) is 13.2 Å². The van der Waals surface area contributed by atoms with Crippen LogP contribution in [0.5, 0.6) is 5.88 Å². The number of nitrogens with zero attached hydrogens (tertiary/aromatic N) is 4. The number of carboxylic acids is 1. The minimum Gasteiger partial charge on any atom is -0.476 e. The maximum absolute atomic E-state index is 11.7. The number of carbonyl (C=O) groups is 2. The van der Waals surface area contributed by atoms with Crippen molar-refractivity contribution in [1.29, 1.82) is 0 Å². The Morgan fingerprint density at radius 1 is 1.39 bits per heavy atom. The van der Waals surface area contributed by atoms with E-state index in [0.717, 1.165) is 10.9 Å². The molecule has 0 bridgehead atoms. The van der Waals surface area contributed by atoms with Gasteiger partial charge in [0.25, 0.3) is 0 Å². The lowest BCUT2D eigenvalue weighted by molar-refractivity contribution is -0.122. The molecule has 1 amide bonds. The first-order valence-electron chi connectivity index (χ1n) is 6.29. The highest BCUT2D eigenvalue weighted by molar-refractivity contribution is 6.35. The largest absolute Gasteiger partial charge is 0.476 e. The van der Waals surface area contributed by atoms with Crippen LogP contribution in [0.4, 0.5) is 0 Å². The topological polar surface area (TPSA) is 119 Å². The van der Waals surface area contributed by atoms with Crippen molar-refractivity contribution < 1.29 is 19.4 Å². The Bertz CT molecular complexity index is 721. The average Bonchev–Trinajstić information content (AvgIpc) is 2.94. The van der Waals surface area contributed by atoms with E-state index >= 15 is 0 Å². The van der Waals surface area contributed by atoms with Crippen molar-refractivity contribution in [3.05, 3.63) is 34.2 Å². The Hall–Kier alpha value is -2.39. The fourth-order valence-corrected chi connectivity index (χ4v) is 1.96. The number of hydrogen-bond acceptors (Lipinski definition) is 6. The molecule has 0 aliphatic heterocycles. The predicted molar refractivity (Wildman–Crippen MR) is 79.7 cm³/mol. The summed E-state index contributed by atoms with van der Waals surface area (Å²) >= 11 is 11.6. The second-order valence-corrected chi connectivity index (χ2v) is 5.09. The molecule has 0 unspecified atom stereocenters. The summed E-state index contributed by atoms with van der Waals surface area (Å²) in [6, 6.07) is 1.49. The number of pyridine rings is 1. The van der Waals surface area contributed by atoms with Crippen LogP contribution in [0.1, 0.15) is 10.5 Å². The Balaban J connectivity index is 1.73. The van der Waals surface area contributed by atoms with Crippen molar-refractivity contribution in [3.63, 3.8) is 0 Å². The fourth-order valence-electron chi connectivity index (χ4n) is 1.52. The lowest BCUT2D eigenvalue weighted by Crippen LogP contribution is -2.31. The molecule has 0 atom stereocenters. The van der Waals surface area contributed by atoms with Gasteiger partial charge < -0.3 is 15.2 Å². The summed E-state index contributed by atoms with van der Waals surface area (Å²) < 4.78 is 6.42. The van der Waals surface area contributed by atoms with Gasteiger partial charge in [-0.1, -0.05) is 28.4 Å². The van der Waals surface area contributed by atoms with Crippen LogP contribution in [0.25, 0.3) is 0 Å². The minimum absolute atomic E-state index is 0.151. The van der Waals surface area contributed by atoms with E-state index in [1.165, 1.54) is 12.3 Å². The third kappa shape index (κ3) is 5.08. The van der Waals surface area contributed by atoms with Gasteiger partial charge in [0, 0.05) is 6.20 Å². The minimum atomic E-state index is -1.21. The van der Waals surface area contributed by atoms with E-state index < -0.39 is 5.97 Å². The molecular weight excluding hydrogens is 349 g/mol. The molecule has 2 rings (SSSR count). The van der Waals surface area contributed by atoms with Crippen molar-refractivity contribution >= 4 is 35.1 Å². The van der Waals surface area contributed by atoms with E-state index in [4.69, 9.17) is 33.0 Å². The molecule has 2 aromatic heterocycles. The second kappa shape index (κ2) is 7.75. The summed E-state index contributed by atoms with van der Waals surface area (Å²) in [7, 11) is 0. The van der Waals surface area contributed by atoms with Gasteiger partial charge in [-0.3, -0.25) is 4.79 Å². The van der Waals surface area contributed by atoms with E-state index in [1.54, 1.807) is 0 Å². The molecular formula is C12H11Cl2N5O4. The lowest BCUT2D eigenvalue weighted by atomic mass is 10.5. The van der Waals surface area contributed by atoms with Crippen molar-refractivity contribution in [3.8, 4) is 5.88 Å². The molecule has 122 valence electrons. The summed E-state index contributed by atoms with van der Waals surface area (Å²) in [6.07, 6.45) is 2.56. The second-order valence-electron chi connectivity index (χ2n) is 4.25. The van der Waals surface area contributed by atoms with Crippen LogP contribution in [-0.4, -0.2) is 50.1 Å². The van der Waals surface area contributed by atoms with Crippen LogP contribution in [0.3, 0.4) is 0 Å². The number of halogens is 2. The van der Waals surface area contributed by atoms with Gasteiger partial charge in [-0.05, 0) is 6.07 Å². The Labute approximate surface area is 140 Å². The first-order chi connectivity index (χ1) is 11.0. The molecule has 11 heteroatoms. The zero-order valence-electron chi connectivity index (χ0n) is 11.6. The molecule has 0 fully saturated rings. The molecule has 0 radical (unpaired) electrons. The van der Waals surface area contributed by atoms with Crippen LogP contribution in [0.15, 0.2) is 18.5 Å². The molecule has 2 aromatic rings. The SMILES string of the molecule is O=C(Cn1cc(C(=O)O)nn1)NCCOc1ncc(Cl)cc1Cl. The molecule has 23 heavy (non-hydrogen) atoms. The van der Waals surface area contributed by atoms with Gasteiger partial charge >= 0.3 is 5.97 Å². The molecule has 0 saturated carbocycles.